The monoisotopic (exact) mass is 248 g/mol. The summed E-state index contributed by atoms with van der Waals surface area (Å²) >= 11 is 0. The number of hydrogen-bond donors (Lipinski definition) is 2. The van der Waals surface area contributed by atoms with E-state index >= 15 is 0 Å². The van der Waals surface area contributed by atoms with Gasteiger partial charge in [0.05, 0.1) is 23.5 Å². The van der Waals surface area contributed by atoms with Gasteiger partial charge < -0.3 is 20.3 Å². The largest absolute Gasteiger partial charge is 0.391 e. The lowest BCUT2D eigenvalue weighted by Crippen LogP contribution is -2.30. The molecule has 3 N–H and O–H groups in total. The van der Waals surface area contributed by atoms with E-state index in [2.05, 4.69) is 4.98 Å². The summed E-state index contributed by atoms with van der Waals surface area (Å²) < 4.78 is 1.99. The Morgan fingerprint density at radius 2 is 2.28 bits per heavy atom. The average molecular weight is 248 g/mol. The molecule has 0 saturated heterocycles. The van der Waals surface area contributed by atoms with Crippen LogP contribution in [0.3, 0.4) is 0 Å². The lowest BCUT2D eigenvalue weighted by atomic mass is 10.2. The summed E-state index contributed by atoms with van der Waals surface area (Å²) in [7, 11) is 3.94. The van der Waals surface area contributed by atoms with Gasteiger partial charge in [-0.15, -0.1) is 0 Å². The Morgan fingerprint density at radius 1 is 1.50 bits per heavy atom. The maximum absolute atomic E-state index is 9.76. The fraction of sp³-hybridized carbons (Fsp3) is 0.462. The Bertz CT molecular complexity index is 523. The van der Waals surface area contributed by atoms with Gasteiger partial charge in [0.2, 0.25) is 0 Å². The molecule has 0 aliphatic heterocycles. The number of aliphatic hydroxyl groups is 1. The number of aromatic nitrogens is 2. The molecule has 1 aromatic carbocycles. The van der Waals surface area contributed by atoms with Crippen LogP contribution < -0.4 is 10.6 Å². The minimum atomic E-state index is -0.389. The fourth-order valence-electron chi connectivity index (χ4n) is 2.07. The number of nitrogens with two attached hydrogens (primary N) is 1. The van der Waals surface area contributed by atoms with Crippen molar-refractivity contribution in [3.8, 4) is 0 Å². The summed E-state index contributed by atoms with van der Waals surface area (Å²) in [5.41, 5.74) is 8.56. The van der Waals surface area contributed by atoms with Gasteiger partial charge in [0.25, 0.3) is 0 Å². The van der Waals surface area contributed by atoms with Crippen molar-refractivity contribution in [1.82, 2.24) is 9.55 Å². The zero-order valence-electron chi connectivity index (χ0n) is 10.9. The summed E-state index contributed by atoms with van der Waals surface area (Å²) in [6.45, 7) is 1.09. The second kappa shape index (κ2) is 5.37. The van der Waals surface area contributed by atoms with Crippen molar-refractivity contribution in [1.29, 1.82) is 0 Å². The Hall–Kier alpha value is -1.59. The molecule has 1 heterocycles. The first-order chi connectivity index (χ1) is 8.61. The van der Waals surface area contributed by atoms with E-state index < -0.39 is 0 Å². The topological polar surface area (TPSA) is 67.3 Å². The van der Waals surface area contributed by atoms with Crippen LogP contribution in [0, 0.1) is 0 Å². The molecule has 1 aromatic heterocycles. The van der Waals surface area contributed by atoms with Crippen molar-refractivity contribution in [3.05, 3.63) is 24.5 Å². The van der Waals surface area contributed by atoms with Crippen molar-refractivity contribution in [2.24, 2.45) is 12.8 Å². The van der Waals surface area contributed by atoms with Gasteiger partial charge in [0.1, 0.15) is 0 Å². The highest BCUT2D eigenvalue weighted by molar-refractivity contribution is 5.79. The summed E-state index contributed by atoms with van der Waals surface area (Å²) in [6, 6.07) is 6.12. The number of rotatable bonds is 5. The number of aryl methyl sites for hydroxylation is 1. The number of benzene rings is 1. The van der Waals surface area contributed by atoms with Crippen LogP contribution in [0.1, 0.15) is 6.42 Å². The molecule has 5 nitrogen and oxygen atoms in total. The van der Waals surface area contributed by atoms with Gasteiger partial charge in [-0.3, -0.25) is 0 Å². The van der Waals surface area contributed by atoms with Crippen LogP contribution in [0.5, 0.6) is 0 Å². The maximum Gasteiger partial charge on any atom is 0.0955 e. The van der Waals surface area contributed by atoms with Crippen LogP contribution in [-0.4, -0.2) is 40.9 Å². The van der Waals surface area contributed by atoms with Crippen LogP contribution in [0.25, 0.3) is 11.0 Å². The third-order valence-corrected chi connectivity index (χ3v) is 3.13. The molecule has 5 heteroatoms. The molecule has 0 amide bonds. The van der Waals surface area contributed by atoms with Crippen LogP contribution in [0.4, 0.5) is 5.69 Å². The predicted octanol–water partition coefficient (Wildman–Crippen LogP) is 0.719. The summed E-state index contributed by atoms with van der Waals surface area (Å²) in [5.74, 6) is 0. The zero-order valence-corrected chi connectivity index (χ0v) is 10.9. The zero-order chi connectivity index (χ0) is 13.1. The molecular weight excluding hydrogens is 228 g/mol. The molecule has 1 atom stereocenters. The van der Waals surface area contributed by atoms with Crippen LogP contribution >= 0.6 is 0 Å². The first kappa shape index (κ1) is 12.9. The third kappa shape index (κ3) is 2.63. The molecular formula is C13H20N4O. The highest BCUT2D eigenvalue weighted by atomic mass is 16.3. The minimum Gasteiger partial charge on any atom is -0.391 e. The highest BCUT2D eigenvalue weighted by Gasteiger charge is 2.09. The van der Waals surface area contributed by atoms with Crippen LogP contribution in [0.15, 0.2) is 24.5 Å². The van der Waals surface area contributed by atoms with Crippen molar-refractivity contribution in [2.75, 3.05) is 25.0 Å². The maximum atomic E-state index is 9.76. The van der Waals surface area contributed by atoms with E-state index in [-0.39, 0.29) is 6.10 Å². The van der Waals surface area contributed by atoms with E-state index in [0.717, 1.165) is 16.7 Å². The van der Waals surface area contributed by atoms with Gasteiger partial charge in [-0.2, -0.15) is 0 Å². The van der Waals surface area contributed by atoms with Gasteiger partial charge in [-0.25, -0.2) is 4.98 Å². The number of aliphatic hydroxyl groups excluding tert-OH is 1. The standard InChI is InChI=1S/C13H20N4O/c1-16(8-11(18)5-6-14)10-3-4-13-12(7-10)15-9-17(13)2/h3-4,7,9,11,18H,5-6,8,14H2,1-2H3. The number of likely N-dealkylation sites (N-methyl/N-ethyl adjacent to an activating group) is 1. The normalized spacial score (nSPS) is 12.9. The van der Waals surface area contributed by atoms with Gasteiger partial charge in [0, 0.05) is 26.3 Å². The number of fused-ring (bicyclic) bond motifs is 1. The smallest absolute Gasteiger partial charge is 0.0955 e. The quantitative estimate of drug-likeness (QED) is 0.818. The molecule has 0 radical (unpaired) electrons. The molecule has 0 bridgehead atoms. The third-order valence-electron chi connectivity index (χ3n) is 3.13. The van der Waals surface area contributed by atoms with E-state index in [9.17, 15) is 5.11 Å². The summed E-state index contributed by atoms with van der Waals surface area (Å²) in [5, 5.41) is 9.76. The van der Waals surface area contributed by atoms with Crippen LogP contribution in [-0.2, 0) is 7.05 Å². The van der Waals surface area contributed by atoms with Crippen molar-refractivity contribution < 1.29 is 5.11 Å². The molecule has 0 spiro atoms. The first-order valence-corrected chi connectivity index (χ1v) is 6.12. The van der Waals surface area contributed by atoms with Crippen molar-refractivity contribution >= 4 is 16.7 Å². The van der Waals surface area contributed by atoms with Gasteiger partial charge in [-0.1, -0.05) is 0 Å². The summed E-state index contributed by atoms with van der Waals surface area (Å²) in [6.07, 6.45) is 2.04. The first-order valence-electron chi connectivity index (χ1n) is 6.12. The molecule has 0 aliphatic rings. The van der Waals surface area contributed by atoms with Crippen LogP contribution in [0.2, 0.25) is 0 Å². The molecule has 0 fully saturated rings. The highest BCUT2D eigenvalue weighted by Crippen LogP contribution is 2.20. The molecule has 98 valence electrons. The number of nitrogens with zero attached hydrogens (tertiary/aromatic N) is 3. The van der Waals surface area contributed by atoms with Gasteiger partial charge in [-0.05, 0) is 31.2 Å². The number of hydrogen-bond acceptors (Lipinski definition) is 4. The number of imidazole rings is 1. The molecule has 18 heavy (non-hydrogen) atoms. The number of anilines is 1. The molecule has 2 rings (SSSR count). The Kier molecular flexibility index (Phi) is 3.84. The van der Waals surface area contributed by atoms with E-state index in [1.165, 1.54) is 0 Å². The molecule has 2 aromatic rings. The summed E-state index contributed by atoms with van der Waals surface area (Å²) in [4.78, 5) is 6.35. The van der Waals surface area contributed by atoms with E-state index in [1.807, 2.05) is 41.8 Å². The fourth-order valence-corrected chi connectivity index (χ4v) is 2.07. The molecule has 0 saturated carbocycles. The van der Waals surface area contributed by atoms with E-state index in [0.29, 0.717) is 19.5 Å². The average Bonchev–Trinajstić information content (AvgIpc) is 2.71. The second-order valence-electron chi connectivity index (χ2n) is 4.64. The lowest BCUT2D eigenvalue weighted by molar-refractivity contribution is 0.174. The van der Waals surface area contributed by atoms with Crippen molar-refractivity contribution in [2.45, 2.75) is 12.5 Å². The Labute approximate surface area is 107 Å². The SMILES string of the molecule is CN(CC(O)CCN)c1ccc2c(c1)ncn2C. The molecule has 0 aliphatic carbocycles. The minimum absolute atomic E-state index is 0.389. The van der Waals surface area contributed by atoms with E-state index in [1.54, 1.807) is 6.33 Å². The Balaban J connectivity index is 2.15. The Morgan fingerprint density at radius 3 is 3.00 bits per heavy atom. The van der Waals surface area contributed by atoms with E-state index in [4.69, 9.17) is 5.73 Å². The second-order valence-corrected chi connectivity index (χ2v) is 4.64. The van der Waals surface area contributed by atoms with Gasteiger partial charge in [0.15, 0.2) is 0 Å². The van der Waals surface area contributed by atoms with Gasteiger partial charge >= 0.3 is 0 Å². The predicted molar refractivity (Wildman–Crippen MR) is 73.7 cm³/mol. The molecule has 1 unspecified atom stereocenters. The van der Waals surface area contributed by atoms with Crippen molar-refractivity contribution in [3.63, 3.8) is 0 Å². The lowest BCUT2D eigenvalue weighted by Gasteiger charge is -2.22.